The second kappa shape index (κ2) is 10.2. The first-order valence-corrected chi connectivity index (χ1v) is 13.1. The molecule has 3 aromatic rings. The number of methoxy groups -OCH3 is 1. The molecule has 0 aliphatic carbocycles. The molecule has 37 heavy (non-hydrogen) atoms. The number of hydrogen-bond acceptors (Lipinski definition) is 5. The molecule has 2 aliphatic rings. The predicted octanol–water partition coefficient (Wildman–Crippen LogP) is 4.20. The summed E-state index contributed by atoms with van der Waals surface area (Å²) in [7, 11) is 1.68. The summed E-state index contributed by atoms with van der Waals surface area (Å²) in [6, 6.07) is 15.4. The zero-order valence-corrected chi connectivity index (χ0v) is 22.1. The van der Waals surface area contributed by atoms with Crippen LogP contribution in [0.3, 0.4) is 0 Å². The fourth-order valence-corrected chi connectivity index (χ4v) is 5.82. The predicted molar refractivity (Wildman–Crippen MR) is 143 cm³/mol. The highest BCUT2D eigenvalue weighted by Crippen LogP contribution is 2.48. The number of benzene rings is 2. The molecule has 0 radical (unpaired) electrons. The lowest BCUT2D eigenvalue weighted by atomic mass is 9.81. The molecular formula is C29H36N4O4. The lowest BCUT2D eigenvalue weighted by Gasteiger charge is -2.42. The van der Waals surface area contributed by atoms with E-state index in [1.54, 1.807) is 12.0 Å². The minimum Gasteiger partial charge on any atom is -0.494 e. The molecule has 2 aromatic carbocycles. The molecular weight excluding hydrogens is 468 g/mol. The van der Waals surface area contributed by atoms with Crippen molar-refractivity contribution in [2.75, 3.05) is 46.5 Å². The van der Waals surface area contributed by atoms with Crippen LogP contribution in [0.5, 0.6) is 5.75 Å². The Kier molecular flexibility index (Phi) is 6.96. The van der Waals surface area contributed by atoms with E-state index in [0.717, 1.165) is 46.6 Å². The van der Waals surface area contributed by atoms with Crippen molar-refractivity contribution in [3.05, 3.63) is 65.4 Å². The van der Waals surface area contributed by atoms with Crippen LogP contribution >= 0.6 is 0 Å². The van der Waals surface area contributed by atoms with Crippen LogP contribution in [0.2, 0.25) is 0 Å². The number of likely N-dealkylation sites (N-methyl/N-ethyl adjacent to an activating group) is 1. The average Bonchev–Trinajstić information content (AvgIpc) is 3.35. The van der Waals surface area contributed by atoms with Crippen LogP contribution in [-0.4, -0.2) is 83.7 Å². The van der Waals surface area contributed by atoms with Gasteiger partial charge in [0.25, 0.3) is 5.91 Å². The molecule has 3 amide bonds. The van der Waals surface area contributed by atoms with Gasteiger partial charge >= 0.3 is 6.03 Å². The van der Waals surface area contributed by atoms with Crippen LogP contribution in [0.15, 0.2) is 48.5 Å². The Morgan fingerprint density at radius 2 is 1.89 bits per heavy atom. The highest BCUT2D eigenvalue weighted by Gasteiger charge is 2.60. The summed E-state index contributed by atoms with van der Waals surface area (Å²) >= 11 is 0. The number of urea groups is 1. The zero-order valence-electron chi connectivity index (χ0n) is 22.1. The van der Waals surface area contributed by atoms with Crippen LogP contribution in [0.25, 0.3) is 10.9 Å². The molecule has 2 atom stereocenters. The largest absolute Gasteiger partial charge is 0.494 e. The van der Waals surface area contributed by atoms with Crippen LogP contribution in [0.1, 0.15) is 43.6 Å². The maximum atomic E-state index is 14.0. The molecule has 8 nitrogen and oxygen atoms in total. The number of hydrogen-bond donors (Lipinski definition) is 1. The van der Waals surface area contributed by atoms with E-state index in [1.807, 2.05) is 62.4 Å². The number of imide groups is 1. The van der Waals surface area contributed by atoms with E-state index >= 15 is 0 Å². The quantitative estimate of drug-likeness (QED) is 0.419. The first-order chi connectivity index (χ1) is 17.9. The van der Waals surface area contributed by atoms with Gasteiger partial charge in [0, 0.05) is 49.8 Å². The lowest BCUT2D eigenvalue weighted by Crippen LogP contribution is -2.53. The number of nitrogens with zero attached hydrogens (tertiary/aromatic N) is 3. The van der Waals surface area contributed by atoms with Gasteiger partial charge in [0.1, 0.15) is 17.3 Å². The number of ether oxygens (including phenoxy) is 2. The van der Waals surface area contributed by atoms with Gasteiger partial charge in [-0.05, 0) is 49.7 Å². The summed E-state index contributed by atoms with van der Waals surface area (Å²) in [4.78, 5) is 37.0. The number of carbonyl (C=O) groups is 2. The molecule has 1 saturated heterocycles. The Balaban J connectivity index is 1.56. The number of aromatic nitrogens is 1. The summed E-state index contributed by atoms with van der Waals surface area (Å²) in [5, 5.41) is 1.04. The van der Waals surface area contributed by atoms with Crippen LogP contribution < -0.4 is 4.74 Å². The molecule has 5 rings (SSSR count). The first-order valence-electron chi connectivity index (χ1n) is 13.1. The Bertz CT molecular complexity index is 1290. The second-order valence-electron chi connectivity index (χ2n) is 9.96. The molecule has 0 bridgehead atoms. The number of rotatable bonds is 10. The normalized spacial score (nSPS) is 21.2. The third-order valence-electron chi connectivity index (χ3n) is 7.76. The molecule has 1 fully saturated rings. The van der Waals surface area contributed by atoms with Crippen molar-refractivity contribution in [2.45, 2.75) is 38.8 Å². The van der Waals surface area contributed by atoms with E-state index in [4.69, 9.17) is 9.47 Å². The third-order valence-corrected chi connectivity index (χ3v) is 7.76. The molecule has 1 aromatic heterocycles. The summed E-state index contributed by atoms with van der Waals surface area (Å²) in [6.07, 6.45) is 0.448. The molecule has 196 valence electrons. The topological polar surface area (TPSA) is 78.1 Å². The van der Waals surface area contributed by atoms with Crippen molar-refractivity contribution in [3.63, 3.8) is 0 Å². The Morgan fingerprint density at radius 1 is 1.11 bits per heavy atom. The van der Waals surface area contributed by atoms with Crippen LogP contribution in [0.4, 0.5) is 4.79 Å². The molecule has 3 heterocycles. The number of amides is 3. The van der Waals surface area contributed by atoms with Crippen molar-refractivity contribution in [3.8, 4) is 5.75 Å². The fourth-order valence-electron chi connectivity index (χ4n) is 5.82. The van der Waals surface area contributed by atoms with Gasteiger partial charge in [-0.1, -0.05) is 37.3 Å². The van der Waals surface area contributed by atoms with Crippen LogP contribution in [0, 0.1) is 0 Å². The minimum absolute atomic E-state index is 0.137. The molecule has 8 heteroatoms. The summed E-state index contributed by atoms with van der Waals surface area (Å²) in [5.74, 6) is 0.661. The smallest absolute Gasteiger partial charge is 0.328 e. The molecule has 1 N–H and O–H groups in total. The van der Waals surface area contributed by atoms with Gasteiger partial charge in [0.15, 0.2) is 0 Å². The van der Waals surface area contributed by atoms with Crippen molar-refractivity contribution in [1.82, 2.24) is 19.7 Å². The average molecular weight is 505 g/mol. The number of fused-ring (bicyclic) bond motifs is 4. The van der Waals surface area contributed by atoms with E-state index in [9.17, 15) is 9.59 Å². The number of carbonyl (C=O) groups excluding carboxylic acids is 2. The van der Waals surface area contributed by atoms with Gasteiger partial charge in [-0.15, -0.1) is 0 Å². The highest BCUT2D eigenvalue weighted by atomic mass is 16.5. The Morgan fingerprint density at radius 3 is 2.59 bits per heavy atom. The zero-order chi connectivity index (χ0) is 26.2. The number of aromatic amines is 1. The minimum atomic E-state index is -0.981. The monoisotopic (exact) mass is 504 g/mol. The summed E-state index contributed by atoms with van der Waals surface area (Å²) in [5.41, 5.74) is 3.01. The van der Waals surface area contributed by atoms with E-state index in [-0.39, 0.29) is 11.9 Å². The van der Waals surface area contributed by atoms with Crippen molar-refractivity contribution in [1.29, 1.82) is 0 Å². The van der Waals surface area contributed by atoms with Gasteiger partial charge in [-0.2, -0.15) is 0 Å². The van der Waals surface area contributed by atoms with Crippen LogP contribution in [-0.2, 0) is 16.0 Å². The van der Waals surface area contributed by atoms with Crippen molar-refractivity contribution < 1.29 is 19.1 Å². The van der Waals surface area contributed by atoms with Gasteiger partial charge in [-0.3, -0.25) is 19.5 Å². The maximum Gasteiger partial charge on any atom is 0.328 e. The molecule has 2 aliphatic heterocycles. The van der Waals surface area contributed by atoms with Crippen molar-refractivity contribution in [2.24, 2.45) is 0 Å². The molecule has 0 unspecified atom stereocenters. The van der Waals surface area contributed by atoms with Gasteiger partial charge < -0.3 is 14.5 Å². The third kappa shape index (κ3) is 4.28. The van der Waals surface area contributed by atoms with Gasteiger partial charge in [0.05, 0.1) is 13.2 Å². The van der Waals surface area contributed by atoms with E-state index in [2.05, 4.69) is 16.8 Å². The first kappa shape index (κ1) is 25.3. The lowest BCUT2D eigenvalue weighted by molar-refractivity contribution is -0.133. The van der Waals surface area contributed by atoms with E-state index in [1.165, 1.54) is 4.90 Å². The van der Waals surface area contributed by atoms with E-state index in [0.29, 0.717) is 32.7 Å². The molecule has 0 spiro atoms. The summed E-state index contributed by atoms with van der Waals surface area (Å²) < 4.78 is 11.0. The number of nitrogens with one attached hydrogen (secondary N) is 1. The SMILES string of the molecule is CCOc1ccc2[nH]c3c(c2c1)C[C@@]1(C)C(=O)N(CCN(CC)CCOC)C(=O)N1[C@@H]3c1ccccc1. The fraction of sp³-hybridized carbons (Fsp3) is 0.448. The summed E-state index contributed by atoms with van der Waals surface area (Å²) in [6.45, 7) is 9.70. The highest BCUT2D eigenvalue weighted by molar-refractivity contribution is 6.08. The van der Waals surface area contributed by atoms with Gasteiger partial charge in [0.2, 0.25) is 0 Å². The second-order valence-corrected chi connectivity index (χ2v) is 9.96. The van der Waals surface area contributed by atoms with E-state index < -0.39 is 11.6 Å². The van der Waals surface area contributed by atoms with Crippen molar-refractivity contribution >= 4 is 22.8 Å². The maximum absolute atomic E-state index is 14.0. The Labute approximate surface area is 218 Å². The Hall–Kier alpha value is -3.36. The van der Waals surface area contributed by atoms with Gasteiger partial charge in [-0.25, -0.2) is 4.79 Å². The molecule has 0 saturated carbocycles. The standard InChI is InChI=1S/C29H36N4O4/c1-5-31(16-17-36-4)14-15-32-27(34)29(3)19-23-22-18-21(37-6-2)12-13-24(22)30-25(23)26(33(29)28(32)35)20-10-8-7-9-11-20/h7-13,18,26,30H,5-6,14-17,19H2,1-4H3/t26-,29+/m1/s1. The number of H-pyrrole nitrogens is 1.